The second kappa shape index (κ2) is 4.03. The molecule has 1 heterocycles. The predicted molar refractivity (Wildman–Crippen MR) is 60.2 cm³/mol. The summed E-state index contributed by atoms with van der Waals surface area (Å²) in [7, 11) is 0. The van der Waals surface area contributed by atoms with Crippen molar-refractivity contribution >= 4 is 0 Å². The van der Waals surface area contributed by atoms with E-state index in [1.807, 2.05) is 0 Å². The summed E-state index contributed by atoms with van der Waals surface area (Å²) in [5, 5.41) is 0. The van der Waals surface area contributed by atoms with Crippen LogP contribution < -0.4 is 5.73 Å². The van der Waals surface area contributed by atoms with E-state index < -0.39 is 0 Å². The lowest BCUT2D eigenvalue weighted by molar-refractivity contribution is 0.227. The predicted octanol–water partition coefficient (Wildman–Crippen LogP) is 1.77. The van der Waals surface area contributed by atoms with Crippen LogP contribution in [0.3, 0.4) is 0 Å². The first-order valence-electron chi connectivity index (χ1n) is 5.82. The van der Waals surface area contributed by atoms with Crippen molar-refractivity contribution in [3.05, 3.63) is 11.6 Å². The molecule has 0 saturated heterocycles. The van der Waals surface area contributed by atoms with E-state index in [9.17, 15) is 0 Å². The quantitative estimate of drug-likeness (QED) is 0.691. The molecule has 1 fully saturated rings. The SMILES string of the molecule is CC1=CCN(CC2(CCN)CC2)CC1. The van der Waals surface area contributed by atoms with Crippen LogP contribution in [0.15, 0.2) is 11.6 Å². The maximum atomic E-state index is 5.65. The molecule has 2 rings (SSSR count). The minimum atomic E-state index is 0.619. The molecule has 0 unspecified atom stereocenters. The van der Waals surface area contributed by atoms with Gasteiger partial charge in [-0.25, -0.2) is 0 Å². The number of rotatable bonds is 4. The van der Waals surface area contributed by atoms with E-state index in [1.54, 1.807) is 5.57 Å². The standard InChI is InChI=1S/C12H22N2/c1-11-2-8-14(9-3-11)10-12(4-5-12)6-7-13/h2H,3-10,13H2,1H3. The van der Waals surface area contributed by atoms with E-state index in [1.165, 1.54) is 38.8 Å². The summed E-state index contributed by atoms with van der Waals surface area (Å²) in [6, 6.07) is 0. The van der Waals surface area contributed by atoms with Gasteiger partial charge in [0.05, 0.1) is 0 Å². The zero-order valence-corrected chi connectivity index (χ0v) is 9.26. The highest BCUT2D eigenvalue weighted by Gasteiger charge is 2.42. The van der Waals surface area contributed by atoms with Gasteiger partial charge in [-0.15, -0.1) is 0 Å². The Morgan fingerprint density at radius 2 is 2.29 bits per heavy atom. The molecule has 80 valence electrons. The molecular formula is C12H22N2. The summed E-state index contributed by atoms with van der Waals surface area (Å²) < 4.78 is 0. The largest absolute Gasteiger partial charge is 0.330 e. The van der Waals surface area contributed by atoms with Crippen molar-refractivity contribution in [2.45, 2.75) is 32.6 Å². The average Bonchev–Trinajstić information content (AvgIpc) is 2.90. The minimum absolute atomic E-state index is 0.619. The number of nitrogens with two attached hydrogens (primary N) is 1. The molecule has 1 aliphatic carbocycles. The highest BCUT2D eigenvalue weighted by Crippen LogP contribution is 2.49. The second-order valence-corrected chi connectivity index (χ2v) is 5.07. The zero-order valence-electron chi connectivity index (χ0n) is 9.26. The Hall–Kier alpha value is -0.340. The summed E-state index contributed by atoms with van der Waals surface area (Å²) in [5.41, 5.74) is 7.83. The second-order valence-electron chi connectivity index (χ2n) is 5.07. The third-order valence-electron chi connectivity index (χ3n) is 3.71. The highest BCUT2D eigenvalue weighted by atomic mass is 15.1. The van der Waals surface area contributed by atoms with Crippen LogP contribution in [0.1, 0.15) is 32.6 Å². The molecule has 2 aliphatic rings. The number of nitrogens with zero attached hydrogens (tertiary/aromatic N) is 1. The molecule has 0 amide bonds. The van der Waals surface area contributed by atoms with Gasteiger partial charge >= 0.3 is 0 Å². The summed E-state index contributed by atoms with van der Waals surface area (Å²) in [6.07, 6.45) is 7.68. The summed E-state index contributed by atoms with van der Waals surface area (Å²) in [5.74, 6) is 0. The lowest BCUT2D eigenvalue weighted by Crippen LogP contribution is -2.34. The fourth-order valence-corrected chi connectivity index (χ4v) is 2.40. The molecule has 0 aromatic rings. The van der Waals surface area contributed by atoms with E-state index >= 15 is 0 Å². The molecule has 0 aromatic heterocycles. The molecule has 2 N–H and O–H groups in total. The fourth-order valence-electron chi connectivity index (χ4n) is 2.40. The maximum Gasteiger partial charge on any atom is 0.0166 e. The van der Waals surface area contributed by atoms with Crippen molar-refractivity contribution in [3.8, 4) is 0 Å². The summed E-state index contributed by atoms with van der Waals surface area (Å²) in [4.78, 5) is 2.59. The highest BCUT2D eigenvalue weighted by molar-refractivity contribution is 5.05. The summed E-state index contributed by atoms with van der Waals surface area (Å²) in [6.45, 7) is 6.81. The van der Waals surface area contributed by atoms with E-state index in [4.69, 9.17) is 5.73 Å². The first-order chi connectivity index (χ1) is 6.74. The molecule has 0 aromatic carbocycles. The lowest BCUT2D eigenvalue weighted by Gasteiger charge is -2.29. The van der Waals surface area contributed by atoms with E-state index in [-0.39, 0.29) is 0 Å². The van der Waals surface area contributed by atoms with Crippen molar-refractivity contribution in [2.24, 2.45) is 11.1 Å². The Morgan fingerprint density at radius 1 is 1.50 bits per heavy atom. The van der Waals surface area contributed by atoms with Gasteiger partial charge in [-0.05, 0) is 44.6 Å². The molecule has 0 bridgehead atoms. The Morgan fingerprint density at radius 3 is 2.79 bits per heavy atom. The van der Waals surface area contributed by atoms with Crippen LogP contribution >= 0.6 is 0 Å². The third-order valence-corrected chi connectivity index (χ3v) is 3.71. The van der Waals surface area contributed by atoms with Gasteiger partial charge < -0.3 is 5.73 Å². The molecule has 0 spiro atoms. The summed E-state index contributed by atoms with van der Waals surface area (Å²) >= 11 is 0. The molecule has 2 nitrogen and oxygen atoms in total. The first-order valence-corrected chi connectivity index (χ1v) is 5.82. The van der Waals surface area contributed by atoms with Crippen LogP contribution in [0, 0.1) is 5.41 Å². The van der Waals surface area contributed by atoms with Crippen molar-refractivity contribution < 1.29 is 0 Å². The number of hydrogen-bond acceptors (Lipinski definition) is 2. The third kappa shape index (κ3) is 2.37. The van der Waals surface area contributed by atoms with Gasteiger partial charge in [-0.2, -0.15) is 0 Å². The van der Waals surface area contributed by atoms with Gasteiger partial charge in [-0.1, -0.05) is 11.6 Å². The van der Waals surface area contributed by atoms with Crippen LogP contribution in [0.2, 0.25) is 0 Å². The Kier molecular flexibility index (Phi) is 2.93. The molecular weight excluding hydrogens is 172 g/mol. The average molecular weight is 194 g/mol. The Balaban J connectivity index is 1.81. The van der Waals surface area contributed by atoms with Gasteiger partial charge in [0.25, 0.3) is 0 Å². The lowest BCUT2D eigenvalue weighted by atomic mass is 10.0. The topological polar surface area (TPSA) is 29.3 Å². The molecule has 1 saturated carbocycles. The molecule has 0 radical (unpaired) electrons. The van der Waals surface area contributed by atoms with Crippen LogP contribution in [-0.2, 0) is 0 Å². The van der Waals surface area contributed by atoms with E-state index in [2.05, 4.69) is 17.9 Å². The molecule has 1 aliphatic heterocycles. The number of hydrogen-bond donors (Lipinski definition) is 1. The van der Waals surface area contributed by atoms with Crippen molar-refractivity contribution in [2.75, 3.05) is 26.2 Å². The van der Waals surface area contributed by atoms with Gasteiger partial charge in [0.1, 0.15) is 0 Å². The van der Waals surface area contributed by atoms with Crippen LogP contribution in [0.4, 0.5) is 0 Å². The van der Waals surface area contributed by atoms with Crippen molar-refractivity contribution in [1.29, 1.82) is 0 Å². The van der Waals surface area contributed by atoms with Gasteiger partial charge in [-0.3, -0.25) is 4.90 Å². The van der Waals surface area contributed by atoms with Gasteiger partial charge in [0.2, 0.25) is 0 Å². The van der Waals surface area contributed by atoms with Crippen LogP contribution in [0.25, 0.3) is 0 Å². The van der Waals surface area contributed by atoms with Crippen LogP contribution in [0.5, 0.6) is 0 Å². The van der Waals surface area contributed by atoms with E-state index in [0.29, 0.717) is 5.41 Å². The fraction of sp³-hybridized carbons (Fsp3) is 0.833. The molecule has 2 heteroatoms. The smallest absolute Gasteiger partial charge is 0.0166 e. The first kappa shape index (κ1) is 10.2. The molecule has 0 atom stereocenters. The minimum Gasteiger partial charge on any atom is -0.330 e. The monoisotopic (exact) mass is 194 g/mol. The maximum absolute atomic E-state index is 5.65. The van der Waals surface area contributed by atoms with Gasteiger partial charge in [0.15, 0.2) is 0 Å². The normalized spacial score (nSPS) is 26.0. The van der Waals surface area contributed by atoms with Gasteiger partial charge in [0, 0.05) is 19.6 Å². The van der Waals surface area contributed by atoms with Crippen LogP contribution in [-0.4, -0.2) is 31.1 Å². The van der Waals surface area contributed by atoms with E-state index in [0.717, 1.165) is 13.1 Å². The van der Waals surface area contributed by atoms with Crippen molar-refractivity contribution in [1.82, 2.24) is 4.90 Å². The Labute approximate surface area is 87.2 Å². The van der Waals surface area contributed by atoms with Crippen molar-refractivity contribution in [3.63, 3.8) is 0 Å². The Bertz CT molecular complexity index is 228. The zero-order chi connectivity index (χ0) is 10.0. The molecule has 14 heavy (non-hydrogen) atoms.